The van der Waals surface area contributed by atoms with E-state index in [-0.39, 0.29) is 0 Å². The molecule has 1 saturated heterocycles. The third-order valence-electron chi connectivity index (χ3n) is 3.88. The molecule has 6 nitrogen and oxygen atoms in total. The molecule has 1 aliphatic rings. The molecule has 0 amide bonds. The van der Waals surface area contributed by atoms with E-state index >= 15 is 0 Å². The first-order valence-corrected chi connectivity index (χ1v) is 7.17. The summed E-state index contributed by atoms with van der Waals surface area (Å²) < 4.78 is 5.13. The van der Waals surface area contributed by atoms with Crippen molar-refractivity contribution in [3.05, 3.63) is 48.4 Å². The molecule has 2 aromatic heterocycles. The van der Waals surface area contributed by atoms with E-state index in [9.17, 15) is 0 Å². The summed E-state index contributed by atoms with van der Waals surface area (Å²) in [6, 6.07) is 9.67. The fourth-order valence-electron chi connectivity index (χ4n) is 2.60. The van der Waals surface area contributed by atoms with Crippen LogP contribution in [0, 0.1) is 0 Å². The third-order valence-corrected chi connectivity index (χ3v) is 3.88. The van der Waals surface area contributed by atoms with E-state index in [1.165, 1.54) is 0 Å². The summed E-state index contributed by atoms with van der Waals surface area (Å²) in [5, 5.41) is 0. The molecule has 4 rings (SSSR count). The van der Waals surface area contributed by atoms with Gasteiger partial charge in [-0.25, -0.2) is 9.97 Å². The van der Waals surface area contributed by atoms with E-state index in [4.69, 9.17) is 9.72 Å². The van der Waals surface area contributed by atoms with Gasteiger partial charge in [-0.2, -0.15) is 4.98 Å². The Kier molecular flexibility index (Phi) is 3.07. The smallest absolute Gasteiger partial charge is 0.228 e. The second-order valence-electron chi connectivity index (χ2n) is 5.28. The normalized spacial score (nSPS) is 14.9. The maximum absolute atomic E-state index is 5.13. The lowest BCUT2D eigenvalue weighted by Gasteiger charge is -2.38. The Morgan fingerprint density at radius 2 is 1.86 bits per heavy atom. The maximum Gasteiger partial charge on any atom is 0.228 e. The number of ether oxygens (including phenoxy) is 1. The van der Waals surface area contributed by atoms with E-state index in [0.717, 1.165) is 29.8 Å². The highest BCUT2D eigenvalue weighted by atomic mass is 16.5. The summed E-state index contributed by atoms with van der Waals surface area (Å²) >= 11 is 0. The fraction of sp³-hybridized carbons (Fsp3) is 0.250. The lowest BCUT2D eigenvalue weighted by atomic mass is 9.97. The zero-order valence-corrected chi connectivity index (χ0v) is 12.2. The van der Waals surface area contributed by atoms with Crippen LogP contribution in [-0.4, -0.2) is 40.1 Å². The van der Waals surface area contributed by atoms with Crippen LogP contribution in [0.4, 0.5) is 5.95 Å². The molecular formula is C16H15N5O. The number of fused-ring (bicyclic) bond motifs is 1. The minimum atomic E-state index is 0.368. The molecule has 0 N–H and O–H groups in total. The van der Waals surface area contributed by atoms with Gasteiger partial charge in [-0.1, -0.05) is 12.1 Å². The molecule has 1 aliphatic heterocycles. The van der Waals surface area contributed by atoms with Crippen molar-refractivity contribution in [1.29, 1.82) is 0 Å². The van der Waals surface area contributed by atoms with E-state index in [1.807, 2.05) is 30.5 Å². The highest BCUT2D eigenvalue weighted by Gasteiger charge is 2.31. The lowest BCUT2D eigenvalue weighted by Crippen LogP contribution is -2.46. The van der Waals surface area contributed by atoms with Gasteiger partial charge in [0.15, 0.2) is 0 Å². The van der Waals surface area contributed by atoms with Crippen molar-refractivity contribution in [3.8, 4) is 5.88 Å². The van der Waals surface area contributed by atoms with Crippen LogP contribution in [0.25, 0.3) is 11.0 Å². The number of anilines is 1. The van der Waals surface area contributed by atoms with Crippen LogP contribution in [-0.2, 0) is 0 Å². The monoisotopic (exact) mass is 293 g/mol. The zero-order valence-electron chi connectivity index (χ0n) is 12.2. The summed E-state index contributed by atoms with van der Waals surface area (Å²) in [6.45, 7) is 1.69. The van der Waals surface area contributed by atoms with Crippen LogP contribution in [0.3, 0.4) is 0 Å². The highest BCUT2D eigenvalue weighted by Crippen LogP contribution is 2.29. The van der Waals surface area contributed by atoms with Gasteiger partial charge in [0.25, 0.3) is 0 Å². The average molecular weight is 293 g/mol. The number of rotatable bonds is 3. The van der Waals surface area contributed by atoms with Crippen LogP contribution in [0.2, 0.25) is 0 Å². The van der Waals surface area contributed by atoms with Gasteiger partial charge in [-0.05, 0) is 12.1 Å². The van der Waals surface area contributed by atoms with Gasteiger partial charge in [0, 0.05) is 37.5 Å². The molecule has 3 heterocycles. The lowest BCUT2D eigenvalue weighted by molar-refractivity contribution is 0.394. The maximum atomic E-state index is 5.13. The number of methoxy groups -OCH3 is 1. The van der Waals surface area contributed by atoms with Crippen LogP contribution >= 0.6 is 0 Å². The molecule has 0 aliphatic carbocycles. The van der Waals surface area contributed by atoms with E-state index in [0.29, 0.717) is 17.7 Å². The first-order chi connectivity index (χ1) is 10.8. The van der Waals surface area contributed by atoms with Crippen LogP contribution in [0.15, 0.2) is 42.7 Å². The Morgan fingerprint density at radius 1 is 1.05 bits per heavy atom. The van der Waals surface area contributed by atoms with Gasteiger partial charge in [0.1, 0.15) is 0 Å². The minimum Gasteiger partial charge on any atom is -0.481 e. The van der Waals surface area contributed by atoms with E-state index < -0.39 is 0 Å². The van der Waals surface area contributed by atoms with Gasteiger partial charge in [-0.3, -0.25) is 4.98 Å². The second-order valence-corrected chi connectivity index (χ2v) is 5.28. The third kappa shape index (κ3) is 2.22. The van der Waals surface area contributed by atoms with Crippen LogP contribution in [0.5, 0.6) is 5.88 Å². The number of hydrogen-bond acceptors (Lipinski definition) is 6. The van der Waals surface area contributed by atoms with Gasteiger partial charge < -0.3 is 9.64 Å². The first kappa shape index (κ1) is 12.9. The van der Waals surface area contributed by atoms with Gasteiger partial charge >= 0.3 is 0 Å². The largest absolute Gasteiger partial charge is 0.481 e. The molecule has 0 saturated carbocycles. The highest BCUT2D eigenvalue weighted by molar-refractivity contribution is 5.73. The molecule has 0 unspecified atom stereocenters. The predicted octanol–water partition coefficient (Wildman–Crippen LogP) is 2.03. The minimum absolute atomic E-state index is 0.368. The predicted molar refractivity (Wildman–Crippen MR) is 83.1 cm³/mol. The second kappa shape index (κ2) is 5.22. The van der Waals surface area contributed by atoms with Crippen LogP contribution in [0.1, 0.15) is 11.6 Å². The number of para-hydroxylation sites is 2. The molecule has 1 fully saturated rings. The number of benzene rings is 1. The van der Waals surface area contributed by atoms with E-state index in [1.54, 1.807) is 19.4 Å². The molecular weight excluding hydrogens is 278 g/mol. The molecule has 6 heteroatoms. The zero-order chi connectivity index (χ0) is 14.9. The molecule has 0 bridgehead atoms. The van der Waals surface area contributed by atoms with Crippen molar-refractivity contribution in [3.63, 3.8) is 0 Å². The standard InChI is InChI=1S/C16H15N5O/c1-22-15-6-7-17-16(20-15)21-9-11(10-21)14-8-18-12-4-2-3-5-13(12)19-14/h2-8,11H,9-10H2,1H3. The molecule has 0 radical (unpaired) electrons. The Morgan fingerprint density at radius 3 is 2.68 bits per heavy atom. The van der Waals surface area contributed by atoms with Gasteiger partial charge in [0.05, 0.1) is 23.8 Å². The Bertz CT molecular complexity index is 816. The van der Waals surface area contributed by atoms with Crippen molar-refractivity contribution >= 4 is 17.0 Å². The van der Waals surface area contributed by atoms with Crippen molar-refractivity contribution in [2.24, 2.45) is 0 Å². The van der Waals surface area contributed by atoms with E-state index in [2.05, 4.69) is 19.9 Å². The van der Waals surface area contributed by atoms with Crippen molar-refractivity contribution < 1.29 is 4.74 Å². The number of hydrogen-bond donors (Lipinski definition) is 0. The Hall–Kier alpha value is -2.76. The Balaban J connectivity index is 1.51. The van der Waals surface area contributed by atoms with Crippen molar-refractivity contribution in [2.75, 3.05) is 25.1 Å². The summed E-state index contributed by atoms with van der Waals surface area (Å²) in [4.78, 5) is 19.9. The van der Waals surface area contributed by atoms with Gasteiger partial charge in [0.2, 0.25) is 11.8 Å². The van der Waals surface area contributed by atoms with Crippen molar-refractivity contribution in [2.45, 2.75) is 5.92 Å². The molecule has 3 aromatic rings. The number of nitrogens with zero attached hydrogens (tertiary/aromatic N) is 5. The summed E-state index contributed by atoms with van der Waals surface area (Å²) in [5.41, 5.74) is 2.90. The SMILES string of the molecule is COc1ccnc(N2CC(c3cnc4ccccc4n3)C2)n1. The summed E-state index contributed by atoms with van der Waals surface area (Å²) in [7, 11) is 1.61. The van der Waals surface area contributed by atoms with Crippen LogP contribution < -0.4 is 9.64 Å². The quantitative estimate of drug-likeness (QED) is 0.736. The summed E-state index contributed by atoms with van der Waals surface area (Å²) in [6.07, 6.45) is 3.58. The van der Waals surface area contributed by atoms with Crippen molar-refractivity contribution in [1.82, 2.24) is 19.9 Å². The molecule has 1 aromatic carbocycles. The summed E-state index contributed by atoms with van der Waals surface area (Å²) in [5.74, 6) is 1.65. The first-order valence-electron chi connectivity index (χ1n) is 7.17. The molecule has 0 atom stereocenters. The average Bonchev–Trinajstić information content (AvgIpc) is 2.53. The topological polar surface area (TPSA) is 64.0 Å². The molecule has 110 valence electrons. The van der Waals surface area contributed by atoms with Gasteiger partial charge in [-0.15, -0.1) is 0 Å². The molecule has 22 heavy (non-hydrogen) atoms. The molecule has 0 spiro atoms. The fourth-order valence-corrected chi connectivity index (χ4v) is 2.60. The Labute approximate surface area is 127 Å². The number of aromatic nitrogens is 4.